The van der Waals surface area contributed by atoms with Gasteiger partial charge >= 0.3 is 0 Å². The maximum Gasteiger partial charge on any atom is 0.120 e. The van der Waals surface area contributed by atoms with E-state index in [0.717, 1.165) is 0 Å². The second kappa shape index (κ2) is 1.92. The Morgan fingerprint density at radius 2 is 2.57 bits per heavy atom. The molecule has 0 spiro atoms. The first-order valence-electron chi connectivity index (χ1n) is 2.05. The molecule has 0 N–H and O–H groups in total. The Balaban J connectivity index is 2.58. The summed E-state index contributed by atoms with van der Waals surface area (Å²) in [5.41, 5.74) is 0. The van der Waals surface area contributed by atoms with Gasteiger partial charge in [0.05, 0.1) is 0 Å². The van der Waals surface area contributed by atoms with Gasteiger partial charge in [0.2, 0.25) is 0 Å². The molecule has 3 radical (unpaired) electrons. The Hall–Kier alpha value is -0.590. The lowest BCUT2D eigenvalue weighted by Crippen LogP contribution is -1.76. The van der Waals surface area contributed by atoms with E-state index in [1.807, 2.05) is 0 Å². The van der Waals surface area contributed by atoms with Gasteiger partial charge in [-0.1, -0.05) is 0 Å². The Morgan fingerprint density at radius 1 is 1.71 bits per heavy atom. The van der Waals surface area contributed by atoms with E-state index < -0.39 is 0 Å². The SMILES string of the molecule is FC1=C[C]C[C]=C1. The zero-order valence-electron chi connectivity index (χ0n) is 3.74. The maximum atomic E-state index is 11.9. The predicted molar refractivity (Wildman–Crippen MR) is 24.9 cm³/mol. The van der Waals surface area contributed by atoms with E-state index in [9.17, 15) is 4.39 Å². The standard InChI is InChI=1S/C6H4F/c7-6-4-2-1-3-5-6/h4-5H,1H2. The first kappa shape index (κ1) is 4.57. The van der Waals surface area contributed by atoms with E-state index in [1.165, 1.54) is 12.2 Å². The van der Waals surface area contributed by atoms with Crippen molar-refractivity contribution in [2.45, 2.75) is 6.42 Å². The summed E-state index contributed by atoms with van der Waals surface area (Å²) < 4.78 is 11.9. The molecular weight excluding hydrogens is 91.1 g/mol. The summed E-state index contributed by atoms with van der Waals surface area (Å²) in [5, 5.41) is 0. The number of hydrogen-bond acceptors (Lipinski definition) is 0. The van der Waals surface area contributed by atoms with Crippen LogP contribution in [0.3, 0.4) is 0 Å². The van der Waals surface area contributed by atoms with Crippen molar-refractivity contribution in [1.29, 1.82) is 0 Å². The van der Waals surface area contributed by atoms with Gasteiger partial charge in [-0.3, -0.25) is 0 Å². The minimum Gasteiger partial charge on any atom is -0.207 e. The van der Waals surface area contributed by atoms with Gasteiger partial charge < -0.3 is 0 Å². The fourth-order valence-electron chi connectivity index (χ4n) is 0.398. The zero-order valence-corrected chi connectivity index (χ0v) is 3.74. The molecule has 1 rings (SSSR count). The van der Waals surface area contributed by atoms with E-state index in [1.54, 1.807) is 0 Å². The summed E-state index contributed by atoms with van der Waals surface area (Å²) in [6, 6.07) is 0. The van der Waals surface area contributed by atoms with Crippen molar-refractivity contribution in [3.8, 4) is 0 Å². The third-order valence-corrected chi connectivity index (χ3v) is 0.684. The molecule has 0 amide bonds. The number of allylic oxidation sites excluding steroid dienone is 4. The van der Waals surface area contributed by atoms with Crippen molar-refractivity contribution in [3.05, 3.63) is 30.5 Å². The highest BCUT2D eigenvalue weighted by Gasteiger charge is 1.91. The van der Waals surface area contributed by atoms with Crippen molar-refractivity contribution in [1.82, 2.24) is 0 Å². The summed E-state index contributed by atoms with van der Waals surface area (Å²) >= 11 is 0. The molecule has 1 heteroatoms. The monoisotopic (exact) mass is 95.0 g/mol. The molecule has 0 fully saturated rings. The second-order valence-electron chi connectivity index (χ2n) is 1.26. The van der Waals surface area contributed by atoms with Crippen LogP contribution in [0.25, 0.3) is 0 Å². The number of hydrogen-bond donors (Lipinski definition) is 0. The van der Waals surface area contributed by atoms with Crippen LogP contribution in [0.15, 0.2) is 18.0 Å². The zero-order chi connectivity index (χ0) is 5.11. The van der Waals surface area contributed by atoms with Gasteiger partial charge in [-0.2, -0.15) is 0 Å². The van der Waals surface area contributed by atoms with Crippen molar-refractivity contribution in [2.24, 2.45) is 0 Å². The first-order valence-corrected chi connectivity index (χ1v) is 2.05. The molecule has 0 nitrogen and oxygen atoms in total. The Bertz CT molecular complexity index is 111. The lowest BCUT2D eigenvalue weighted by atomic mass is 10.2. The van der Waals surface area contributed by atoms with E-state index in [4.69, 9.17) is 0 Å². The highest BCUT2D eigenvalue weighted by Crippen LogP contribution is 2.07. The summed E-state index contributed by atoms with van der Waals surface area (Å²) in [6.45, 7) is 0. The molecule has 1 aliphatic carbocycles. The molecule has 0 aromatic carbocycles. The molecule has 0 heterocycles. The molecule has 0 saturated carbocycles. The topological polar surface area (TPSA) is 0 Å². The van der Waals surface area contributed by atoms with Crippen molar-refractivity contribution >= 4 is 0 Å². The van der Waals surface area contributed by atoms with E-state index >= 15 is 0 Å². The fraction of sp³-hybridized carbons (Fsp3) is 0.167. The Morgan fingerprint density at radius 3 is 2.86 bits per heavy atom. The molecule has 1 aliphatic rings. The Kier molecular flexibility index (Phi) is 1.25. The summed E-state index contributed by atoms with van der Waals surface area (Å²) in [4.78, 5) is 0. The van der Waals surface area contributed by atoms with Crippen molar-refractivity contribution in [2.75, 3.05) is 0 Å². The quantitative estimate of drug-likeness (QED) is 0.429. The van der Waals surface area contributed by atoms with Crippen LogP contribution in [0.1, 0.15) is 6.42 Å². The molecule has 7 heavy (non-hydrogen) atoms. The smallest absolute Gasteiger partial charge is 0.120 e. The van der Waals surface area contributed by atoms with Gasteiger partial charge in [0.1, 0.15) is 5.83 Å². The maximum absolute atomic E-state index is 11.9. The van der Waals surface area contributed by atoms with E-state index in [2.05, 4.69) is 12.5 Å². The largest absolute Gasteiger partial charge is 0.207 e. The molecule has 0 atom stereocenters. The first-order chi connectivity index (χ1) is 3.39. The van der Waals surface area contributed by atoms with Crippen molar-refractivity contribution in [3.63, 3.8) is 0 Å². The molecule has 0 aromatic heterocycles. The molecule has 35 valence electrons. The van der Waals surface area contributed by atoms with E-state index in [-0.39, 0.29) is 5.83 Å². The van der Waals surface area contributed by atoms with Crippen LogP contribution in [0.5, 0.6) is 0 Å². The minimum absolute atomic E-state index is 0.258. The van der Waals surface area contributed by atoms with Gasteiger partial charge in [0.15, 0.2) is 0 Å². The second-order valence-corrected chi connectivity index (χ2v) is 1.26. The average Bonchev–Trinajstić information content (AvgIpc) is 1.69. The third kappa shape index (κ3) is 1.15. The molecule has 0 saturated heterocycles. The van der Waals surface area contributed by atoms with Gasteiger partial charge in [-0.05, 0) is 24.6 Å². The third-order valence-electron chi connectivity index (χ3n) is 0.684. The van der Waals surface area contributed by atoms with Crippen molar-refractivity contribution < 1.29 is 4.39 Å². The number of halogens is 1. The summed E-state index contributed by atoms with van der Waals surface area (Å²) in [5.74, 6) is -0.258. The summed E-state index contributed by atoms with van der Waals surface area (Å²) in [6.07, 6.45) is 8.56. The predicted octanol–water partition coefficient (Wildman–Crippen LogP) is 1.68. The number of rotatable bonds is 0. The Labute approximate surface area is 42.3 Å². The van der Waals surface area contributed by atoms with Gasteiger partial charge in [0, 0.05) is 6.42 Å². The van der Waals surface area contributed by atoms with Crippen LogP contribution in [0, 0.1) is 12.5 Å². The fourth-order valence-corrected chi connectivity index (χ4v) is 0.398. The van der Waals surface area contributed by atoms with E-state index in [0.29, 0.717) is 6.42 Å². The van der Waals surface area contributed by atoms with Gasteiger partial charge in [-0.25, -0.2) is 4.39 Å². The van der Waals surface area contributed by atoms with Gasteiger partial charge in [-0.15, -0.1) is 0 Å². The molecule has 0 aromatic rings. The van der Waals surface area contributed by atoms with Crippen LogP contribution < -0.4 is 0 Å². The van der Waals surface area contributed by atoms with Crippen LogP contribution >= 0.6 is 0 Å². The highest BCUT2D eigenvalue weighted by atomic mass is 19.1. The molecular formula is C6H4F. The summed E-state index contributed by atoms with van der Waals surface area (Å²) in [7, 11) is 0. The molecule has 0 unspecified atom stereocenters. The van der Waals surface area contributed by atoms with Crippen LogP contribution in [0.2, 0.25) is 0 Å². The van der Waals surface area contributed by atoms with Crippen LogP contribution in [0.4, 0.5) is 4.39 Å². The lowest BCUT2D eigenvalue weighted by Gasteiger charge is -1.91. The average molecular weight is 95.1 g/mol. The molecule has 0 bridgehead atoms. The molecule has 0 aliphatic heterocycles. The van der Waals surface area contributed by atoms with Crippen LogP contribution in [-0.4, -0.2) is 0 Å². The lowest BCUT2D eigenvalue weighted by molar-refractivity contribution is 0.660. The normalized spacial score (nSPS) is 19.3. The van der Waals surface area contributed by atoms with Gasteiger partial charge in [0.25, 0.3) is 0 Å². The van der Waals surface area contributed by atoms with Crippen LogP contribution in [-0.2, 0) is 0 Å². The highest BCUT2D eigenvalue weighted by molar-refractivity contribution is 5.18. The minimum atomic E-state index is -0.258.